The van der Waals surface area contributed by atoms with E-state index in [0.29, 0.717) is 0 Å². The van der Waals surface area contributed by atoms with E-state index in [2.05, 4.69) is 4.98 Å². The van der Waals surface area contributed by atoms with Gasteiger partial charge in [-0.05, 0) is 12.1 Å². The summed E-state index contributed by atoms with van der Waals surface area (Å²) in [5.74, 6) is -0.947. The Labute approximate surface area is 87.7 Å². The highest BCUT2D eigenvalue weighted by molar-refractivity contribution is 7.91. The zero-order chi connectivity index (χ0) is 11.5. The van der Waals surface area contributed by atoms with Crippen molar-refractivity contribution in [2.75, 3.05) is 11.5 Å². The van der Waals surface area contributed by atoms with Gasteiger partial charge in [0.25, 0.3) is 0 Å². The molecule has 0 aliphatic carbocycles. The molecule has 0 radical (unpaired) electrons. The summed E-state index contributed by atoms with van der Waals surface area (Å²) in [7, 11) is -3.26. The van der Waals surface area contributed by atoms with E-state index in [1.165, 1.54) is 13.0 Å². The number of hydrogen-bond donors (Lipinski definition) is 1. The van der Waals surface area contributed by atoms with Crippen LogP contribution in [-0.4, -0.2) is 30.0 Å². The molecule has 0 bridgehead atoms. The van der Waals surface area contributed by atoms with Crippen LogP contribution in [0.2, 0.25) is 0 Å². The number of aliphatic hydroxyl groups excluding tert-OH is 1. The number of nitrogens with zero attached hydrogens (tertiary/aromatic N) is 1. The molecule has 1 atom stereocenters. The first kappa shape index (κ1) is 12.1. The average Bonchev–Trinajstić information content (AvgIpc) is 2.18. The maximum atomic E-state index is 12.5. The van der Waals surface area contributed by atoms with Crippen molar-refractivity contribution in [3.63, 3.8) is 0 Å². The quantitative estimate of drug-likeness (QED) is 0.830. The molecule has 1 aromatic rings. The summed E-state index contributed by atoms with van der Waals surface area (Å²) in [5, 5.41) is 9.51. The largest absolute Gasteiger partial charge is 0.386 e. The zero-order valence-electron chi connectivity index (χ0n) is 8.22. The molecule has 1 N–H and O–H groups in total. The highest BCUT2D eigenvalue weighted by atomic mass is 32.2. The molecule has 1 unspecified atom stereocenters. The Balaban J connectivity index is 2.78. The first-order valence-electron chi connectivity index (χ1n) is 4.44. The molecule has 84 valence electrons. The summed E-state index contributed by atoms with van der Waals surface area (Å²) in [6.07, 6.45) is -0.257. The predicted octanol–water partition coefficient (Wildman–Crippen LogP) is 0.689. The van der Waals surface area contributed by atoms with Crippen LogP contribution >= 0.6 is 0 Å². The SMILES string of the molecule is CCS(=O)(=O)CC(O)c1ccc(F)cn1. The van der Waals surface area contributed by atoms with Crippen molar-refractivity contribution in [1.82, 2.24) is 4.98 Å². The molecule has 0 saturated heterocycles. The molecule has 0 saturated carbocycles. The van der Waals surface area contributed by atoms with E-state index in [0.717, 1.165) is 12.3 Å². The fraction of sp³-hybridized carbons (Fsp3) is 0.444. The van der Waals surface area contributed by atoms with Gasteiger partial charge in [0.2, 0.25) is 0 Å². The third kappa shape index (κ3) is 3.56. The number of aromatic nitrogens is 1. The maximum Gasteiger partial charge on any atom is 0.152 e. The number of rotatable bonds is 4. The molecule has 1 heterocycles. The highest BCUT2D eigenvalue weighted by Crippen LogP contribution is 2.12. The molecule has 0 spiro atoms. The minimum absolute atomic E-state index is 0.0365. The number of aliphatic hydroxyl groups is 1. The summed E-state index contributed by atoms with van der Waals surface area (Å²) in [5.41, 5.74) is 0.161. The van der Waals surface area contributed by atoms with Crippen LogP contribution < -0.4 is 0 Å². The lowest BCUT2D eigenvalue weighted by Gasteiger charge is -2.09. The molecule has 0 aliphatic rings. The van der Waals surface area contributed by atoms with Crippen LogP contribution in [0.15, 0.2) is 18.3 Å². The lowest BCUT2D eigenvalue weighted by Crippen LogP contribution is -2.17. The fourth-order valence-corrected chi connectivity index (χ4v) is 1.92. The van der Waals surface area contributed by atoms with Crippen molar-refractivity contribution < 1.29 is 17.9 Å². The molecule has 1 aromatic heterocycles. The minimum atomic E-state index is -3.26. The standard InChI is InChI=1S/C9H12FNO3S/c1-2-15(13,14)6-9(12)8-4-3-7(10)5-11-8/h3-5,9,12H,2,6H2,1H3. The van der Waals surface area contributed by atoms with Crippen LogP contribution in [0.5, 0.6) is 0 Å². The van der Waals surface area contributed by atoms with Crippen molar-refractivity contribution in [2.45, 2.75) is 13.0 Å². The molecule has 1 rings (SSSR count). The predicted molar refractivity (Wildman–Crippen MR) is 53.5 cm³/mol. The van der Waals surface area contributed by atoms with Gasteiger partial charge in [-0.15, -0.1) is 0 Å². The van der Waals surface area contributed by atoms with Crippen molar-refractivity contribution in [3.05, 3.63) is 29.8 Å². The topological polar surface area (TPSA) is 67.3 Å². The summed E-state index contributed by atoms with van der Waals surface area (Å²) in [6, 6.07) is 2.40. The average molecular weight is 233 g/mol. The zero-order valence-corrected chi connectivity index (χ0v) is 9.04. The molecule has 0 amide bonds. The van der Waals surface area contributed by atoms with Gasteiger partial charge in [0.15, 0.2) is 9.84 Å². The summed E-state index contributed by atoms with van der Waals surface area (Å²) in [4.78, 5) is 3.61. The Morgan fingerprint density at radius 2 is 2.20 bits per heavy atom. The third-order valence-electron chi connectivity index (χ3n) is 1.94. The summed E-state index contributed by atoms with van der Waals surface area (Å²) >= 11 is 0. The third-order valence-corrected chi connectivity index (χ3v) is 3.65. The summed E-state index contributed by atoms with van der Waals surface area (Å²) in [6.45, 7) is 1.50. The van der Waals surface area contributed by atoms with Crippen molar-refractivity contribution in [3.8, 4) is 0 Å². The van der Waals surface area contributed by atoms with Gasteiger partial charge in [0.1, 0.15) is 11.9 Å². The van der Waals surface area contributed by atoms with E-state index in [-0.39, 0.29) is 17.2 Å². The number of pyridine rings is 1. The first-order valence-corrected chi connectivity index (χ1v) is 6.26. The number of hydrogen-bond acceptors (Lipinski definition) is 4. The van der Waals surface area contributed by atoms with Crippen LogP contribution in [-0.2, 0) is 9.84 Å². The maximum absolute atomic E-state index is 12.5. The van der Waals surface area contributed by atoms with E-state index in [1.54, 1.807) is 0 Å². The number of halogens is 1. The van der Waals surface area contributed by atoms with Gasteiger partial charge >= 0.3 is 0 Å². The van der Waals surface area contributed by atoms with Gasteiger partial charge in [-0.3, -0.25) is 4.98 Å². The van der Waals surface area contributed by atoms with E-state index in [4.69, 9.17) is 0 Å². The van der Waals surface area contributed by atoms with E-state index >= 15 is 0 Å². The van der Waals surface area contributed by atoms with Gasteiger partial charge in [-0.25, -0.2) is 12.8 Å². The van der Waals surface area contributed by atoms with Crippen LogP contribution in [0.25, 0.3) is 0 Å². The Morgan fingerprint density at radius 1 is 1.53 bits per heavy atom. The second kappa shape index (κ2) is 4.67. The Kier molecular flexibility index (Phi) is 3.76. The Morgan fingerprint density at radius 3 is 2.67 bits per heavy atom. The van der Waals surface area contributed by atoms with Crippen molar-refractivity contribution >= 4 is 9.84 Å². The van der Waals surface area contributed by atoms with E-state index in [9.17, 15) is 17.9 Å². The van der Waals surface area contributed by atoms with Crippen LogP contribution in [0.4, 0.5) is 4.39 Å². The molecular weight excluding hydrogens is 221 g/mol. The van der Waals surface area contributed by atoms with Crippen molar-refractivity contribution in [2.24, 2.45) is 0 Å². The second-order valence-electron chi connectivity index (χ2n) is 3.12. The summed E-state index contributed by atoms with van der Waals surface area (Å²) < 4.78 is 34.9. The van der Waals surface area contributed by atoms with Gasteiger partial charge < -0.3 is 5.11 Å². The van der Waals surface area contributed by atoms with Crippen LogP contribution in [0.3, 0.4) is 0 Å². The first-order chi connectivity index (χ1) is 6.94. The minimum Gasteiger partial charge on any atom is -0.386 e. The smallest absolute Gasteiger partial charge is 0.152 e. The lowest BCUT2D eigenvalue weighted by molar-refractivity contribution is 0.196. The molecular formula is C9H12FNO3S. The molecule has 0 aromatic carbocycles. The second-order valence-corrected chi connectivity index (χ2v) is 5.51. The van der Waals surface area contributed by atoms with Crippen LogP contribution in [0.1, 0.15) is 18.7 Å². The monoisotopic (exact) mass is 233 g/mol. The Bertz CT molecular complexity index is 415. The van der Waals surface area contributed by atoms with E-state index in [1.807, 2.05) is 0 Å². The van der Waals surface area contributed by atoms with Crippen LogP contribution in [0, 0.1) is 5.82 Å². The highest BCUT2D eigenvalue weighted by Gasteiger charge is 2.17. The molecule has 15 heavy (non-hydrogen) atoms. The normalized spacial score (nSPS) is 13.8. The van der Waals surface area contributed by atoms with Gasteiger partial charge in [0.05, 0.1) is 17.6 Å². The van der Waals surface area contributed by atoms with Crippen molar-refractivity contribution in [1.29, 1.82) is 0 Å². The van der Waals surface area contributed by atoms with E-state index < -0.39 is 21.8 Å². The molecule has 4 nitrogen and oxygen atoms in total. The molecule has 0 aliphatic heterocycles. The van der Waals surface area contributed by atoms with Gasteiger partial charge in [-0.2, -0.15) is 0 Å². The number of sulfone groups is 1. The lowest BCUT2D eigenvalue weighted by atomic mass is 10.2. The van der Waals surface area contributed by atoms with Gasteiger partial charge in [0, 0.05) is 5.75 Å². The molecule has 0 fully saturated rings. The molecule has 6 heteroatoms. The fourth-order valence-electron chi connectivity index (χ4n) is 1.03. The van der Waals surface area contributed by atoms with Gasteiger partial charge in [-0.1, -0.05) is 6.92 Å². The Hall–Kier alpha value is -1.01.